The third kappa shape index (κ3) is 0.908. The molecule has 0 amide bonds. The van der Waals surface area contributed by atoms with Crippen molar-refractivity contribution in [3.05, 3.63) is 0 Å². The van der Waals surface area contributed by atoms with Gasteiger partial charge in [-0.1, -0.05) is 13.8 Å². The number of rotatable bonds is 0. The smallest absolute Gasteiger partial charge is 0.145 e. The average molecular weight is 112 g/mol. The molecule has 1 heteroatoms. The van der Waals surface area contributed by atoms with Crippen molar-refractivity contribution < 1.29 is 4.58 Å². The van der Waals surface area contributed by atoms with Crippen LogP contribution in [0.25, 0.3) is 0 Å². The molecule has 0 fully saturated rings. The lowest BCUT2D eigenvalue weighted by Gasteiger charge is -1.98. The van der Waals surface area contributed by atoms with Crippen LogP contribution in [0, 0.1) is 11.8 Å². The Balaban J connectivity index is 2.56. The topological polar surface area (TPSA) is 3.01 Å². The second-order valence-electron chi connectivity index (χ2n) is 2.93. The third-order valence-corrected chi connectivity index (χ3v) is 1.96. The van der Waals surface area contributed by atoms with Gasteiger partial charge in [0.1, 0.15) is 19.8 Å². The summed E-state index contributed by atoms with van der Waals surface area (Å²) in [5, 5.41) is 0. The normalized spacial score (nSPS) is 37.6. The molecule has 1 aliphatic rings. The van der Waals surface area contributed by atoms with Crippen molar-refractivity contribution in [3.63, 3.8) is 0 Å². The predicted molar refractivity (Wildman–Crippen MR) is 35.4 cm³/mol. The van der Waals surface area contributed by atoms with Crippen LogP contribution in [0.1, 0.15) is 13.8 Å². The average Bonchev–Trinajstić information content (AvgIpc) is 1.85. The summed E-state index contributed by atoms with van der Waals surface area (Å²) in [4.78, 5) is 0. The van der Waals surface area contributed by atoms with E-state index in [2.05, 4.69) is 31.7 Å². The van der Waals surface area contributed by atoms with Crippen molar-refractivity contribution in [1.29, 1.82) is 0 Å². The van der Waals surface area contributed by atoms with Gasteiger partial charge in [-0.05, 0) is 0 Å². The van der Waals surface area contributed by atoms with Crippen molar-refractivity contribution in [1.82, 2.24) is 0 Å². The Bertz CT molecular complexity index is 116. The first-order chi connectivity index (χ1) is 3.70. The molecule has 1 rings (SSSR count). The Morgan fingerprint density at radius 2 is 2.12 bits per heavy atom. The van der Waals surface area contributed by atoms with Crippen LogP contribution in [-0.4, -0.2) is 24.4 Å². The molecule has 2 unspecified atom stereocenters. The molecule has 2 atom stereocenters. The van der Waals surface area contributed by atoms with Crippen LogP contribution in [0.5, 0.6) is 0 Å². The molecule has 0 aromatic heterocycles. The van der Waals surface area contributed by atoms with Gasteiger partial charge in [-0.15, -0.1) is 0 Å². The Labute approximate surface area is 51.0 Å². The first-order valence-electron chi connectivity index (χ1n) is 3.25. The summed E-state index contributed by atoms with van der Waals surface area (Å²) in [6.07, 6.45) is 2.30. The highest BCUT2D eigenvalue weighted by atomic mass is 15.0. The fraction of sp³-hybridized carbons (Fsp3) is 0.857. The maximum Gasteiger partial charge on any atom is 0.145 e. The van der Waals surface area contributed by atoms with E-state index in [1.165, 1.54) is 6.54 Å². The van der Waals surface area contributed by atoms with Gasteiger partial charge in [0, 0.05) is 11.8 Å². The Morgan fingerprint density at radius 1 is 1.50 bits per heavy atom. The van der Waals surface area contributed by atoms with E-state index in [1.807, 2.05) is 0 Å². The molecular formula is C7H14N+. The highest BCUT2D eigenvalue weighted by Gasteiger charge is 2.23. The molecule has 0 aromatic carbocycles. The molecule has 0 saturated carbocycles. The molecular weight excluding hydrogens is 98.1 g/mol. The second kappa shape index (κ2) is 1.88. The van der Waals surface area contributed by atoms with Gasteiger partial charge < -0.3 is 0 Å². The molecule has 0 aliphatic carbocycles. The minimum atomic E-state index is 0.792. The van der Waals surface area contributed by atoms with Crippen LogP contribution in [0.3, 0.4) is 0 Å². The third-order valence-electron chi connectivity index (χ3n) is 1.96. The lowest BCUT2D eigenvalue weighted by atomic mass is 10.0. The van der Waals surface area contributed by atoms with Crippen molar-refractivity contribution >= 4 is 6.21 Å². The zero-order valence-corrected chi connectivity index (χ0v) is 5.89. The molecule has 1 nitrogen and oxygen atoms in total. The molecule has 0 bridgehead atoms. The van der Waals surface area contributed by atoms with E-state index in [9.17, 15) is 0 Å². The van der Waals surface area contributed by atoms with Crippen molar-refractivity contribution in [2.24, 2.45) is 11.8 Å². The lowest BCUT2D eigenvalue weighted by molar-refractivity contribution is -0.489. The monoisotopic (exact) mass is 112 g/mol. The van der Waals surface area contributed by atoms with Gasteiger partial charge in [-0.25, -0.2) is 4.58 Å². The van der Waals surface area contributed by atoms with Crippen LogP contribution >= 0.6 is 0 Å². The highest BCUT2D eigenvalue weighted by molar-refractivity contribution is 5.56. The van der Waals surface area contributed by atoms with E-state index in [0.717, 1.165) is 11.8 Å². The molecule has 0 N–H and O–H groups in total. The van der Waals surface area contributed by atoms with E-state index in [1.54, 1.807) is 0 Å². The summed E-state index contributed by atoms with van der Waals surface area (Å²) in [5.41, 5.74) is 0. The summed E-state index contributed by atoms with van der Waals surface area (Å²) in [6.45, 7) is 5.81. The Morgan fingerprint density at radius 3 is 2.25 bits per heavy atom. The molecule has 8 heavy (non-hydrogen) atoms. The minimum Gasteiger partial charge on any atom is -0.242 e. The van der Waals surface area contributed by atoms with Gasteiger partial charge in [-0.2, -0.15) is 0 Å². The Kier molecular flexibility index (Phi) is 1.37. The molecule has 0 radical (unpaired) electrons. The first kappa shape index (κ1) is 5.80. The fourth-order valence-electron chi connectivity index (χ4n) is 1.23. The summed E-state index contributed by atoms with van der Waals surface area (Å²) in [7, 11) is 2.14. The van der Waals surface area contributed by atoms with Gasteiger partial charge >= 0.3 is 0 Å². The van der Waals surface area contributed by atoms with Crippen molar-refractivity contribution in [2.75, 3.05) is 13.6 Å². The number of hydrogen-bond donors (Lipinski definition) is 0. The van der Waals surface area contributed by atoms with Gasteiger partial charge in [0.15, 0.2) is 0 Å². The SMILES string of the molecule is CC1C=[N+](C)CC1C. The maximum atomic E-state index is 2.30. The molecule has 1 heterocycles. The fourth-order valence-corrected chi connectivity index (χ4v) is 1.23. The van der Waals surface area contributed by atoms with Crippen LogP contribution in [0.15, 0.2) is 0 Å². The van der Waals surface area contributed by atoms with Crippen LogP contribution < -0.4 is 0 Å². The van der Waals surface area contributed by atoms with Gasteiger partial charge in [0.25, 0.3) is 0 Å². The summed E-state index contributed by atoms with van der Waals surface area (Å²) in [5.74, 6) is 1.65. The van der Waals surface area contributed by atoms with Crippen LogP contribution in [0.4, 0.5) is 0 Å². The Hall–Kier alpha value is -0.330. The van der Waals surface area contributed by atoms with Crippen molar-refractivity contribution in [3.8, 4) is 0 Å². The second-order valence-corrected chi connectivity index (χ2v) is 2.93. The minimum absolute atomic E-state index is 0.792. The zero-order chi connectivity index (χ0) is 6.15. The number of hydrogen-bond acceptors (Lipinski definition) is 0. The summed E-state index contributed by atoms with van der Waals surface area (Å²) >= 11 is 0. The van der Waals surface area contributed by atoms with E-state index in [0.29, 0.717) is 0 Å². The van der Waals surface area contributed by atoms with E-state index < -0.39 is 0 Å². The first-order valence-corrected chi connectivity index (χ1v) is 3.25. The summed E-state index contributed by atoms with van der Waals surface area (Å²) in [6, 6.07) is 0. The molecule has 0 spiro atoms. The summed E-state index contributed by atoms with van der Waals surface area (Å²) < 4.78 is 2.27. The van der Waals surface area contributed by atoms with Gasteiger partial charge in [0.05, 0.1) is 0 Å². The molecule has 46 valence electrons. The van der Waals surface area contributed by atoms with Crippen molar-refractivity contribution in [2.45, 2.75) is 13.8 Å². The largest absolute Gasteiger partial charge is 0.242 e. The van der Waals surface area contributed by atoms with E-state index in [4.69, 9.17) is 0 Å². The molecule has 0 aromatic rings. The standard InChI is InChI=1S/C7H14N/c1-6-4-8(3)5-7(6)2/h4,6-7H,5H2,1-3H3/q+1. The molecule has 1 aliphatic heterocycles. The highest BCUT2D eigenvalue weighted by Crippen LogP contribution is 2.12. The van der Waals surface area contributed by atoms with E-state index in [-0.39, 0.29) is 0 Å². The molecule has 0 saturated heterocycles. The van der Waals surface area contributed by atoms with Gasteiger partial charge in [-0.3, -0.25) is 0 Å². The predicted octanol–water partition coefficient (Wildman–Crippen LogP) is 0.985. The quantitative estimate of drug-likeness (QED) is 0.411. The number of nitrogens with zero attached hydrogens (tertiary/aromatic N) is 1. The van der Waals surface area contributed by atoms with Crippen LogP contribution in [0.2, 0.25) is 0 Å². The van der Waals surface area contributed by atoms with Crippen LogP contribution in [-0.2, 0) is 0 Å². The maximum absolute atomic E-state index is 2.30. The van der Waals surface area contributed by atoms with E-state index >= 15 is 0 Å². The zero-order valence-electron chi connectivity index (χ0n) is 5.89. The van der Waals surface area contributed by atoms with Gasteiger partial charge in [0.2, 0.25) is 0 Å². The lowest BCUT2D eigenvalue weighted by Crippen LogP contribution is -2.06.